The molecule has 2 fully saturated rings. The van der Waals surface area contributed by atoms with Gasteiger partial charge in [-0.05, 0) is 32.3 Å². The number of carbonyl (C=O) groups is 1. The predicted octanol–water partition coefficient (Wildman–Crippen LogP) is 1.78. The molecule has 0 spiro atoms. The molecule has 3 unspecified atom stereocenters. The molecule has 2 aliphatic heterocycles. The zero-order chi connectivity index (χ0) is 13.4. The molecule has 3 rings (SSSR count). The summed E-state index contributed by atoms with van der Waals surface area (Å²) >= 11 is 0. The lowest BCUT2D eigenvalue weighted by Gasteiger charge is -2.19. The van der Waals surface area contributed by atoms with Crippen molar-refractivity contribution in [3.8, 4) is 0 Å². The highest BCUT2D eigenvalue weighted by Crippen LogP contribution is 2.34. The van der Waals surface area contributed by atoms with E-state index in [1.165, 1.54) is 13.5 Å². The number of aryl methyl sites for hydroxylation is 1. The zero-order valence-electron chi connectivity index (χ0n) is 11.3. The molecule has 2 aliphatic rings. The van der Waals surface area contributed by atoms with Crippen molar-refractivity contribution in [1.29, 1.82) is 0 Å². The van der Waals surface area contributed by atoms with Gasteiger partial charge in [-0.1, -0.05) is 0 Å². The van der Waals surface area contributed by atoms with Crippen molar-refractivity contribution in [3.05, 3.63) is 23.2 Å². The molecule has 0 aliphatic carbocycles. The maximum absolute atomic E-state index is 11.5. The first kappa shape index (κ1) is 12.7. The van der Waals surface area contributed by atoms with Gasteiger partial charge in [-0.25, -0.2) is 4.79 Å². The van der Waals surface area contributed by atoms with Crippen LogP contribution in [-0.4, -0.2) is 31.3 Å². The number of hydrogen-bond acceptors (Lipinski definition) is 5. The summed E-state index contributed by atoms with van der Waals surface area (Å²) in [4.78, 5) is 11.5. The average Bonchev–Trinajstić information content (AvgIpc) is 3.10. The third kappa shape index (κ3) is 2.40. The minimum absolute atomic E-state index is 0.348. The standard InChI is InChI=1S/C14H19NO4/c1-8-11(14(16)17-2)5-10(18-8)7-15-12-6-9-3-4-13(12)19-9/h5,9,12-13,15H,3-4,6-7H2,1-2H3. The second kappa shape index (κ2) is 4.98. The van der Waals surface area contributed by atoms with Gasteiger partial charge in [-0.3, -0.25) is 0 Å². The van der Waals surface area contributed by atoms with Gasteiger partial charge < -0.3 is 19.2 Å². The van der Waals surface area contributed by atoms with Crippen LogP contribution in [0.1, 0.15) is 41.1 Å². The number of fused-ring (bicyclic) bond motifs is 2. The molecule has 19 heavy (non-hydrogen) atoms. The Kier molecular flexibility index (Phi) is 3.33. The van der Waals surface area contributed by atoms with Crippen molar-refractivity contribution >= 4 is 5.97 Å². The van der Waals surface area contributed by atoms with Crippen molar-refractivity contribution in [2.75, 3.05) is 7.11 Å². The fraction of sp³-hybridized carbons (Fsp3) is 0.643. The van der Waals surface area contributed by atoms with Crippen molar-refractivity contribution in [2.24, 2.45) is 0 Å². The third-order valence-electron chi connectivity index (χ3n) is 4.02. The van der Waals surface area contributed by atoms with E-state index in [0.29, 0.717) is 36.1 Å². The monoisotopic (exact) mass is 265 g/mol. The van der Waals surface area contributed by atoms with E-state index < -0.39 is 0 Å². The first-order valence-corrected chi connectivity index (χ1v) is 6.74. The van der Waals surface area contributed by atoms with Gasteiger partial charge in [0.25, 0.3) is 0 Å². The van der Waals surface area contributed by atoms with E-state index in [-0.39, 0.29) is 5.97 Å². The van der Waals surface area contributed by atoms with Crippen LogP contribution in [0.3, 0.4) is 0 Å². The fourth-order valence-electron chi connectivity index (χ4n) is 3.03. The Hall–Kier alpha value is -1.33. The van der Waals surface area contributed by atoms with Gasteiger partial charge in [-0.15, -0.1) is 0 Å². The van der Waals surface area contributed by atoms with Crippen LogP contribution in [-0.2, 0) is 16.0 Å². The molecule has 5 nitrogen and oxygen atoms in total. The second-order valence-electron chi connectivity index (χ2n) is 5.27. The average molecular weight is 265 g/mol. The van der Waals surface area contributed by atoms with Crippen LogP contribution in [0.5, 0.6) is 0 Å². The van der Waals surface area contributed by atoms with Gasteiger partial charge in [-0.2, -0.15) is 0 Å². The van der Waals surface area contributed by atoms with Crippen LogP contribution in [0.15, 0.2) is 10.5 Å². The fourth-order valence-corrected chi connectivity index (χ4v) is 3.03. The summed E-state index contributed by atoms with van der Waals surface area (Å²) in [6.07, 6.45) is 4.20. The molecule has 0 saturated carbocycles. The van der Waals surface area contributed by atoms with Crippen molar-refractivity contribution in [3.63, 3.8) is 0 Å². The van der Waals surface area contributed by atoms with E-state index in [0.717, 1.165) is 18.6 Å². The summed E-state index contributed by atoms with van der Waals surface area (Å²) in [5, 5.41) is 3.46. The predicted molar refractivity (Wildman–Crippen MR) is 67.9 cm³/mol. The molecule has 104 valence electrons. The highest BCUT2D eigenvalue weighted by molar-refractivity contribution is 5.90. The summed E-state index contributed by atoms with van der Waals surface area (Å²) in [7, 11) is 1.37. The number of hydrogen-bond donors (Lipinski definition) is 1. The number of esters is 1. The summed E-state index contributed by atoms with van der Waals surface area (Å²) in [5.41, 5.74) is 0.503. The Morgan fingerprint density at radius 3 is 3.00 bits per heavy atom. The first-order chi connectivity index (χ1) is 9.17. The topological polar surface area (TPSA) is 60.7 Å². The molecule has 3 atom stereocenters. The van der Waals surface area contributed by atoms with Crippen LogP contribution in [0.25, 0.3) is 0 Å². The van der Waals surface area contributed by atoms with Gasteiger partial charge in [0.15, 0.2) is 0 Å². The van der Waals surface area contributed by atoms with Crippen molar-refractivity contribution in [2.45, 2.75) is 51.0 Å². The Bertz CT molecular complexity index is 482. The smallest absolute Gasteiger partial charge is 0.341 e. The molecule has 3 heterocycles. The van der Waals surface area contributed by atoms with Gasteiger partial charge in [0.2, 0.25) is 0 Å². The van der Waals surface area contributed by atoms with Crippen LogP contribution in [0.2, 0.25) is 0 Å². The molecular weight excluding hydrogens is 246 g/mol. The van der Waals surface area contributed by atoms with E-state index >= 15 is 0 Å². The summed E-state index contributed by atoms with van der Waals surface area (Å²) in [5.74, 6) is 1.02. The molecule has 2 bridgehead atoms. The van der Waals surface area contributed by atoms with E-state index in [2.05, 4.69) is 5.32 Å². The molecule has 2 saturated heterocycles. The molecule has 1 aromatic heterocycles. The van der Waals surface area contributed by atoms with Crippen LogP contribution in [0, 0.1) is 6.92 Å². The molecule has 0 aromatic carbocycles. The number of ether oxygens (including phenoxy) is 2. The Morgan fingerprint density at radius 1 is 1.53 bits per heavy atom. The minimum Gasteiger partial charge on any atom is -0.465 e. The number of methoxy groups -OCH3 is 1. The zero-order valence-corrected chi connectivity index (χ0v) is 11.3. The second-order valence-corrected chi connectivity index (χ2v) is 5.27. The number of rotatable bonds is 4. The van der Waals surface area contributed by atoms with Crippen molar-refractivity contribution < 1.29 is 18.7 Å². The minimum atomic E-state index is -0.351. The number of carbonyl (C=O) groups excluding carboxylic acids is 1. The first-order valence-electron chi connectivity index (χ1n) is 6.74. The van der Waals surface area contributed by atoms with E-state index in [1.807, 2.05) is 0 Å². The SMILES string of the molecule is COC(=O)c1cc(CNC2CC3CCC2O3)oc1C. The summed E-state index contributed by atoms with van der Waals surface area (Å²) in [6.45, 7) is 2.39. The lowest BCUT2D eigenvalue weighted by molar-refractivity contribution is 0.0599. The molecule has 5 heteroatoms. The van der Waals surface area contributed by atoms with E-state index in [1.54, 1.807) is 13.0 Å². The van der Waals surface area contributed by atoms with E-state index in [9.17, 15) is 4.79 Å². The Balaban J connectivity index is 1.60. The quantitative estimate of drug-likeness (QED) is 0.841. The highest BCUT2D eigenvalue weighted by atomic mass is 16.5. The van der Waals surface area contributed by atoms with Crippen LogP contribution < -0.4 is 5.32 Å². The number of nitrogens with one attached hydrogen (secondary N) is 1. The lowest BCUT2D eigenvalue weighted by Crippen LogP contribution is -2.36. The molecule has 0 radical (unpaired) electrons. The van der Waals surface area contributed by atoms with Crippen LogP contribution in [0.4, 0.5) is 0 Å². The van der Waals surface area contributed by atoms with Gasteiger partial charge in [0.1, 0.15) is 17.1 Å². The number of furan rings is 1. The van der Waals surface area contributed by atoms with Gasteiger partial charge in [0.05, 0.1) is 25.9 Å². The maximum Gasteiger partial charge on any atom is 0.341 e. The molecule has 1 aromatic rings. The summed E-state index contributed by atoms with van der Waals surface area (Å²) in [6, 6.07) is 2.16. The Morgan fingerprint density at radius 2 is 2.37 bits per heavy atom. The van der Waals surface area contributed by atoms with Gasteiger partial charge in [0, 0.05) is 6.04 Å². The lowest BCUT2D eigenvalue weighted by atomic mass is 9.95. The highest BCUT2D eigenvalue weighted by Gasteiger charge is 2.40. The summed E-state index contributed by atoms with van der Waals surface area (Å²) < 4.78 is 16.1. The van der Waals surface area contributed by atoms with Crippen molar-refractivity contribution in [1.82, 2.24) is 5.32 Å². The third-order valence-corrected chi connectivity index (χ3v) is 4.02. The maximum atomic E-state index is 11.5. The molecular formula is C14H19NO4. The van der Waals surface area contributed by atoms with Crippen LogP contribution >= 0.6 is 0 Å². The normalized spacial score (nSPS) is 28.8. The van der Waals surface area contributed by atoms with E-state index in [4.69, 9.17) is 13.9 Å². The Labute approximate surface area is 112 Å². The largest absolute Gasteiger partial charge is 0.465 e. The van der Waals surface area contributed by atoms with Gasteiger partial charge >= 0.3 is 5.97 Å². The molecule has 0 amide bonds. The molecule has 1 N–H and O–H groups in total.